The van der Waals surface area contributed by atoms with Crippen LogP contribution in [0.25, 0.3) is 5.65 Å². The van der Waals surface area contributed by atoms with E-state index in [1.54, 1.807) is 0 Å². The van der Waals surface area contributed by atoms with Gasteiger partial charge in [-0.2, -0.15) is 0 Å². The van der Waals surface area contributed by atoms with Crippen LogP contribution in [0.1, 0.15) is 37.6 Å². The summed E-state index contributed by atoms with van der Waals surface area (Å²) < 4.78 is 2.17. The molecule has 0 saturated carbocycles. The quantitative estimate of drug-likeness (QED) is 0.933. The average Bonchev–Trinajstić information content (AvgIpc) is 2.76. The van der Waals surface area contributed by atoms with E-state index in [4.69, 9.17) is 5.73 Å². The molecule has 2 aromatic heterocycles. The number of fused-ring (bicyclic) bond motifs is 1. The predicted octanol–water partition coefficient (Wildman–Crippen LogP) is 2.35. The van der Waals surface area contributed by atoms with Crippen LogP contribution in [0.4, 0.5) is 0 Å². The van der Waals surface area contributed by atoms with Crippen LogP contribution in [0, 0.1) is 6.92 Å². The summed E-state index contributed by atoms with van der Waals surface area (Å²) >= 11 is 0. The standard InChI is InChI=1S/C16H24N4/c1-13-14(20-11-7-4-8-15(20)18-13)12-16(2,17)19-9-5-3-6-10-19/h4,7-8,11H,3,5-6,9-10,12,17H2,1-2H3. The lowest BCUT2D eigenvalue weighted by Gasteiger charge is -2.40. The molecule has 2 aromatic rings. The van der Waals surface area contributed by atoms with Gasteiger partial charge in [0.05, 0.1) is 11.4 Å². The number of piperidine rings is 1. The maximum Gasteiger partial charge on any atom is 0.137 e. The number of aromatic nitrogens is 2. The van der Waals surface area contributed by atoms with E-state index < -0.39 is 0 Å². The molecule has 0 aliphatic carbocycles. The van der Waals surface area contributed by atoms with Crippen LogP contribution in [0.5, 0.6) is 0 Å². The number of nitrogens with two attached hydrogens (primary N) is 1. The molecule has 108 valence electrons. The van der Waals surface area contributed by atoms with Crippen molar-refractivity contribution in [3.8, 4) is 0 Å². The molecule has 0 amide bonds. The topological polar surface area (TPSA) is 46.6 Å². The largest absolute Gasteiger partial charge is 0.313 e. The number of imidazole rings is 1. The molecule has 4 nitrogen and oxygen atoms in total. The Balaban J connectivity index is 1.89. The van der Waals surface area contributed by atoms with Crippen LogP contribution in [-0.2, 0) is 6.42 Å². The highest BCUT2D eigenvalue weighted by Gasteiger charge is 2.30. The first-order valence-corrected chi connectivity index (χ1v) is 7.54. The molecule has 1 saturated heterocycles. The third kappa shape index (κ3) is 2.45. The summed E-state index contributed by atoms with van der Waals surface area (Å²) in [7, 11) is 0. The predicted molar refractivity (Wildman–Crippen MR) is 81.6 cm³/mol. The first kappa shape index (κ1) is 13.6. The van der Waals surface area contributed by atoms with E-state index in [-0.39, 0.29) is 5.66 Å². The highest BCUT2D eigenvalue weighted by molar-refractivity contribution is 5.43. The Kier molecular flexibility index (Phi) is 3.52. The van der Waals surface area contributed by atoms with E-state index in [0.29, 0.717) is 0 Å². The first-order chi connectivity index (χ1) is 9.58. The van der Waals surface area contributed by atoms with Gasteiger partial charge in [-0.3, -0.25) is 4.90 Å². The minimum absolute atomic E-state index is 0.295. The number of nitrogens with zero attached hydrogens (tertiary/aromatic N) is 3. The molecule has 1 aliphatic rings. The van der Waals surface area contributed by atoms with Crippen molar-refractivity contribution in [2.24, 2.45) is 5.73 Å². The Bertz CT molecular complexity index is 594. The van der Waals surface area contributed by atoms with E-state index in [9.17, 15) is 0 Å². The summed E-state index contributed by atoms with van der Waals surface area (Å²) in [5.74, 6) is 0. The van der Waals surface area contributed by atoms with Gasteiger partial charge in [0.2, 0.25) is 0 Å². The van der Waals surface area contributed by atoms with E-state index in [1.807, 2.05) is 18.2 Å². The van der Waals surface area contributed by atoms with Crippen LogP contribution in [0.15, 0.2) is 24.4 Å². The average molecular weight is 272 g/mol. The third-order valence-corrected chi connectivity index (χ3v) is 4.43. The number of hydrogen-bond donors (Lipinski definition) is 1. The second-order valence-corrected chi connectivity index (χ2v) is 6.15. The van der Waals surface area contributed by atoms with E-state index in [0.717, 1.165) is 30.9 Å². The Morgan fingerprint density at radius 3 is 2.75 bits per heavy atom. The zero-order valence-corrected chi connectivity index (χ0v) is 12.5. The van der Waals surface area contributed by atoms with Crippen molar-refractivity contribution in [1.29, 1.82) is 0 Å². The van der Waals surface area contributed by atoms with Gasteiger partial charge < -0.3 is 10.1 Å². The molecule has 0 radical (unpaired) electrons. The van der Waals surface area contributed by atoms with Gasteiger partial charge in [-0.05, 0) is 51.9 Å². The van der Waals surface area contributed by atoms with Crippen LogP contribution in [-0.4, -0.2) is 33.0 Å². The highest BCUT2D eigenvalue weighted by atomic mass is 15.3. The molecule has 3 heterocycles. The van der Waals surface area contributed by atoms with E-state index in [2.05, 4.69) is 34.3 Å². The third-order valence-electron chi connectivity index (χ3n) is 4.43. The fourth-order valence-electron chi connectivity index (χ4n) is 3.23. The number of rotatable bonds is 3. The van der Waals surface area contributed by atoms with Gasteiger partial charge in [0.1, 0.15) is 5.65 Å². The van der Waals surface area contributed by atoms with Crippen molar-refractivity contribution in [1.82, 2.24) is 14.3 Å². The Hall–Kier alpha value is -1.39. The van der Waals surface area contributed by atoms with Gasteiger partial charge in [-0.1, -0.05) is 12.5 Å². The molecular weight excluding hydrogens is 248 g/mol. The van der Waals surface area contributed by atoms with Crippen LogP contribution in [0.2, 0.25) is 0 Å². The second kappa shape index (κ2) is 5.19. The summed E-state index contributed by atoms with van der Waals surface area (Å²) in [6.07, 6.45) is 6.78. The summed E-state index contributed by atoms with van der Waals surface area (Å²) in [6.45, 7) is 6.46. The number of likely N-dealkylation sites (tertiary alicyclic amines) is 1. The Morgan fingerprint density at radius 1 is 1.25 bits per heavy atom. The Morgan fingerprint density at radius 2 is 2.00 bits per heavy atom. The molecule has 20 heavy (non-hydrogen) atoms. The van der Waals surface area contributed by atoms with Crippen LogP contribution >= 0.6 is 0 Å². The zero-order valence-electron chi connectivity index (χ0n) is 12.5. The normalized spacial score (nSPS) is 20.1. The van der Waals surface area contributed by atoms with Gasteiger partial charge in [0.15, 0.2) is 0 Å². The monoisotopic (exact) mass is 272 g/mol. The molecule has 1 unspecified atom stereocenters. The van der Waals surface area contributed by atoms with Crippen molar-refractivity contribution < 1.29 is 0 Å². The summed E-state index contributed by atoms with van der Waals surface area (Å²) in [6, 6.07) is 6.12. The number of aryl methyl sites for hydroxylation is 1. The molecule has 0 spiro atoms. The molecule has 4 heteroatoms. The summed E-state index contributed by atoms with van der Waals surface area (Å²) in [5.41, 5.74) is 9.66. The molecule has 0 bridgehead atoms. The second-order valence-electron chi connectivity index (χ2n) is 6.15. The van der Waals surface area contributed by atoms with Crippen molar-refractivity contribution in [3.05, 3.63) is 35.8 Å². The molecule has 2 N–H and O–H groups in total. The van der Waals surface area contributed by atoms with Gasteiger partial charge in [0.25, 0.3) is 0 Å². The van der Waals surface area contributed by atoms with Crippen molar-refractivity contribution in [2.45, 2.75) is 45.2 Å². The van der Waals surface area contributed by atoms with Gasteiger partial charge >= 0.3 is 0 Å². The molecule has 1 aliphatic heterocycles. The van der Waals surface area contributed by atoms with Crippen molar-refractivity contribution in [2.75, 3.05) is 13.1 Å². The number of hydrogen-bond acceptors (Lipinski definition) is 3. The van der Waals surface area contributed by atoms with E-state index in [1.165, 1.54) is 25.0 Å². The lowest BCUT2D eigenvalue weighted by molar-refractivity contribution is 0.0845. The fraction of sp³-hybridized carbons (Fsp3) is 0.562. The van der Waals surface area contributed by atoms with Gasteiger partial charge in [0, 0.05) is 18.3 Å². The molecule has 0 aromatic carbocycles. The summed E-state index contributed by atoms with van der Waals surface area (Å²) in [5, 5.41) is 0. The smallest absolute Gasteiger partial charge is 0.137 e. The number of pyridine rings is 1. The maximum atomic E-state index is 6.63. The maximum absolute atomic E-state index is 6.63. The Labute approximate surface area is 120 Å². The van der Waals surface area contributed by atoms with Gasteiger partial charge in [-0.15, -0.1) is 0 Å². The van der Waals surface area contributed by atoms with E-state index >= 15 is 0 Å². The minimum Gasteiger partial charge on any atom is -0.313 e. The summed E-state index contributed by atoms with van der Waals surface area (Å²) in [4.78, 5) is 7.06. The lowest BCUT2D eigenvalue weighted by atomic mass is 10.00. The van der Waals surface area contributed by atoms with Crippen molar-refractivity contribution >= 4 is 5.65 Å². The lowest BCUT2D eigenvalue weighted by Crippen LogP contribution is -2.57. The van der Waals surface area contributed by atoms with Crippen molar-refractivity contribution in [3.63, 3.8) is 0 Å². The minimum atomic E-state index is -0.295. The molecular formula is C16H24N4. The SMILES string of the molecule is Cc1nc2ccccn2c1CC(C)(N)N1CCCCC1. The molecule has 1 fully saturated rings. The van der Waals surface area contributed by atoms with Gasteiger partial charge in [-0.25, -0.2) is 4.98 Å². The fourth-order valence-corrected chi connectivity index (χ4v) is 3.23. The molecule has 1 atom stereocenters. The van der Waals surface area contributed by atoms with Crippen LogP contribution in [0.3, 0.4) is 0 Å². The highest BCUT2D eigenvalue weighted by Crippen LogP contribution is 2.23. The zero-order chi connectivity index (χ0) is 14.2. The van der Waals surface area contributed by atoms with Crippen LogP contribution < -0.4 is 5.73 Å². The first-order valence-electron chi connectivity index (χ1n) is 7.54. The molecule has 3 rings (SSSR count).